The number of hydrogen-bond acceptors (Lipinski definition) is 8. The Labute approximate surface area is 341 Å². The highest BCUT2D eigenvalue weighted by Gasteiger charge is 2.27. The number of methoxy groups -OCH3 is 1. The van der Waals surface area contributed by atoms with E-state index in [2.05, 4.69) is 32.6 Å². The molecule has 3 unspecified atom stereocenters. The van der Waals surface area contributed by atoms with E-state index in [0.29, 0.717) is 45.0 Å². The van der Waals surface area contributed by atoms with E-state index in [0.717, 1.165) is 51.2 Å². The molecule has 0 aliphatic carbocycles. The molecule has 326 valence electrons. The normalized spacial score (nSPS) is 15.4. The number of nitrogens with zero attached hydrogens (tertiary/aromatic N) is 2. The third-order valence-electron chi connectivity index (χ3n) is 11.3. The van der Waals surface area contributed by atoms with Gasteiger partial charge in [-0.3, -0.25) is 14.5 Å². The van der Waals surface area contributed by atoms with Crippen LogP contribution in [-0.4, -0.2) is 94.7 Å². The molecule has 1 fully saturated rings. The van der Waals surface area contributed by atoms with Crippen LogP contribution in [-0.2, 0) is 28.6 Å². The average Bonchev–Trinajstić information content (AvgIpc) is 3.63. The average molecular weight is 781 g/mol. The van der Waals surface area contributed by atoms with E-state index >= 15 is 0 Å². The molecule has 0 bridgehead atoms. The van der Waals surface area contributed by atoms with Gasteiger partial charge in [0, 0.05) is 46.3 Å². The molecule has 0 saturated carbocycles. The number of carbonyl (C=O) groups excluding carboxylic acids is 3. The van der Waals surface area contributed by atoms with Gasteiger partial charge < -0.3 is 23.9 Å². The zero-order chi connectivity index (χ0) is 40.6. The van der Waals surface area contributed by atoms with Crippen LogP contribution in [0.2, 0.25) is 0 Å². The fourth-order valence-corrected chi connectivity index (χ4v) is 7.63. The number of likely N-dealkylation sites (tertiary alicyclic amines) is 1. The van der Waals surface area contributed by atoms with Crippen molar-refractivity contribution in [3.05, 3.63) is 0 Å². The van der Waals surface area contributed by atoms with Gasteiger partial charge in [-0.05, 0) is 57.5 Å². The second-order valence-electron chi connectivity index (χ2n) is 16.6. The van der Waals surface area contributed by atoms with Crippen LogP contribution in [0.1, 0.15) is 201 Å². The minimum Gasteiger partial charge on any atom is -0.465 e. The molecular formula is C47H92N2O6. The first-order chi connectivity index (χ1) is 26.8. The molecule has 1 rings (SSSR count). The molecule has 1 saturated heterocycles. The number of rotatable bonds is 38. The molecule has 3 atom stereocenters. The standard InChI is InChI=1S/C30H56N2O5.C17H36O/c1-4-6-8-10-11-13-16-27(15-12-9-7-5-2)26-37-29(34)18-21-32(19-14-23-33)22-24-36-30(35)28-17-20-31(3)25-28;1-4-6-8-10-11-13-15-17(16-18-3)14-12-9-7-5-2/h23,27-28H,4-22,24-26H2,1-3H3;17H,4-16H2,1-3H3. The molecular weight excluding hydrogens is 689 g/mol. The van der Waals surface area contributed by atoms with Crippen LogP contribution in [0.5, 0.6) is 0 Å². The lowest BCUT2D eigenvalue weighted by molar-refractivity contribution is -0.149. The summed E-state index contributed by atoms with van der Waals surface area (Å²) in [5.41, 5.74) is 0. The number of hydrogen-bond donors (Lipinski definition) is 0. The number of carbonyl (C=O) groups is 3. The number of esters is 2. The van der Waals surface area contributed by atoms with E-state index in [1.165, 1.54) is 141 Å². The van der Waals surface area contributed by atoms with Crippen LogP contribution in [0.4, 0.5) is 0 Å². The van der Waals surface area contributed by atoms with Gasteiger partial charge >= 0.3 is 11.9 Å². The van der Waals surface area contributed by atoms with Crippen LogP contribution in [0, 0.1) is 17.8 Å². The molecule has 1 heterocycles. The van der Waals surface area contributed by atoms with Gasteiger partial charge in [0.1, 0.15) is 12.9 Å². The Bertz CT molecular complexity index is 857. The summed E-state index contributed by atoms with van der Waals surface area (Å²) in [6.45, 7) is 14.1. The van der Waals surface area contributed by atoms with Crippen LogP contribution >= 0.6 is 0 Å². The van der Waals surface area contributed by atoms with Crippen molar-refractivity contribution in [2.45, 2.75) is 201 Å². The lowest BCUT2D eigenvalue weighted by atomic mass is 9.95. The van der Waals surface area contributed by atoms with E-state index in [-0.39, 0.29) is 24.5 Å². The van der Waals surface area contributed by atoms with Gasteiger partial charge in [0.25, 0.3) is 0 Å². The minimum atomic E-state index is -0.177. The maximum atomic E-state index is 12.5. The Morgan fingerprint density at radius 1 is 0.655 bits per heavy atom. The maximum absolute atomic E-state index is 12.5. The monoisotopic (exact) mass is 781 g/mol. The fourth-order valence-electron chi connectivity index (χ4n) is 7.63. The van der Waals surface area contributed by atoms with Crippen molar-refractivity contribution in [2.75, 3.05) is 66.7 Å². The van der Waals surface area contributed by atoms with E-state index in [9.17, 15) is 14.4 Å². The molecule has 8 nitrogen and oxygen atoms in total. The Morgan fingerprint density at radius 2 is 1.13 bits per heavy atom. The third-order valence-corrected chi connectivity index (χ3v) is 11.3. The predicted octanol–water partition coefficient (Wildman–Crippen LogP) is 11.6. The van der Waals surface area contributed by atoms with Crippen LogP contribution < -0.4 is 0 Å². The molecule has 1 aliphatic heterocycles. The summed E-state index contributed by atoms with van der Waals surface area (Å²) in [7, 11) is 3.86. The summed E-state index contributed by atoms with van der Waals surface area (Å²) in [5, 5.41) is 0. The SMILES string of the molecule is CCCCCCCCC(CCCCCC)COC.CCCCCCCCC(CCCCCC)COC(=O)CCN(CCC=O)CCOC(=O)C1CCN(C)C1. The quantitative estimate of drug-likeness (QED) is 0.0348. The highest BCUT2D eigenvalue weighted by molar-refractivity contribution is 5.73. The van der Waals surface area contributed by atoms with Crippen molar-refractivity contribution in [1.82, 2.24) is 9.80 Å². The highest BCUT2D eigenvalue weighted by Crippen LogP contribution is 2.21. The molecule has 0 aromatic carbocycles. The summed E-state index contributed by atoms with van der Waals surface area (Å²) < 4.78 is 16.5. The van der Waals surface area contributed by atoms with Gasteiger partial charge in [-0.25, -0.2) is 0 Å². The van der Waals surface area contributed by atoms with Gasteiger partial charge in [0.2, 0.25) is 0 Å². The number of aldehydes is 1. The number of unbranched alkanes of at least 4 members (excludes halogenated alkanes) is 16. The van der Waals surface area contributed by atoms with Crippen molar-refractivity contribution in [3.8, 4) is 0 Å². The van der Waals surface area contributed by atoms with Crippen molar-refractivity contribution in [2.24, 2.45) is 17.8 Å². The molecule has 8 heteroatoms. The third kappa shape index (κ3) is 34.3. The van der Waals surface area contributed by atoms with E-state index in [1.807, 2.05) is 19.1 Å². The minimum absolute atomic E-state index is 0.0466. The Morgan fingerprint density at radius 3 is 1.58 bits per heavy atom. The zero-order valence-electron chi connectivity index (χ0n) is 37.4. The number of ether oxygens (including phenoxy) is 3. The van der Waals surface area contributed by atoms with Crippen LogP contribution in [0.25, 0.3) is 0 Å². The largest absolute Gasteiger partial charge is 0.465 e. The molecule has 0 aromatic rings. The summed E-state index contributed by atoms with van der Waals surface area (Å²) >= 11 is 0. The molecule has 0 amide bonds. The summed E-state index contributed by atoms with van der Waals surface area (Å²) in [4.78, 5) is 39.8. The summed E-state index contributed by atoms with van der Waals surface area (Å²) in [5.74, 6) is 0.901. The summed E-state index contributed by atoms with van der Waals surface area (Å²) in [6.07, 6.45) is 34.1. The van der Waals surface area contributed by atoms with E-state index in [4.69, 9.17) is 14.2 Å². The predicted molar refractivity (Wildman–Crippen MR) is 232 cm³/mol. The Kier molecular flexibility index (Phi) is 39.6. The first-order valence-electron chi connectivity index (χ1n) is 23.5. The highest BCUT2D eigenvalue weighted by atomic mass is 16.5. The second kappa shape index (κ2) is 40.7. The van der Waals surface area contributed by atoms with Gasteiger partial charge in [-0.2, -0.15) is 0 Å². The first-order valence-corrected chi connectivity index (χ1v) is 23.5. The second-order valence-corrected chi connectivity index (χ2v) is 16.6. The topological polar surface area (TPSA) is 85.4 Å². The van der Waals surface area contributed by atoms with Gasteiger partial charge in [-0.15, -0.1) is 0 Å². The summed E-state index contributed by atoms with van der Waals surface area (Å²) in [6, 6.07) is 0. The molecule has 0 N–H and O–H groups in total. The van der Waals surface area contributed by atoms with E-state index in [1.54, 1.807) is 0 Å². The first kappa shape index (κ1) is 53.5. The Balaban J connectivity index is 0.00000136. The lowest BCUT2D eigenvalue weighted by Gasteiger charge is -2.22. The molecule has 0 aromatic heterocycles. The van der Waals surface area contributed by atoms with Crippen LogP contribution in [0.15, 0.2) is 0 Å². The molecule has 0 radical (unpaired) electrons. The van der Waals surface area contributed by atoms with Crippen molar-refractivity contribution >= 4 is 18.2 Å². The molecule has 55 heavy (non-hydrogen) atoms. The van der Waals surface area contributed by atoms with Gasteiger partial charge in [-0.1, -0.05) is 156 Å². The lowest BCUT2D eigenvalue weighted by Crippen LogP contribution is -2.33. The van der Waals surface area contributed by atoms with Crippen LogP contribution in [0.3, 0.4) is 0 Å². The van der Waals surface area contributed by atoms with Crippen molar-refractivity contribution in [3.63, 3.8) is 0 Å². The Hall–Kier alpha value is -1.51. The molecule has 0 spiro atoms. The maximum Gasteiger partial charge on any atom is 0.310 e. The van der Waals surface area contributed by atoms with Gasteiger partial charge in [0.05, 0.1) is 18.9 Å². The van der Waals surface area contributed by atoms with Crippen molar-refractivity contribution < 1.29 is 28.6 Å². The molecule has 1 aliphatic rings. The van der Waals surface area contributed by atoms with Crippen molar-refractivity contribution in [1.29, 1.82) is 0 Å². The van der Waals surface area contributed by atoms with Gasteiger partial charge in [0.15, 0.2) is 0 Å². The fraction of sp³-hybridized carbons (Fsp3) is 0.936. The smallest absolute Gasteiger partial charge is 0.310 e. The van der Waals surface area contributed by atoms with E-state index < -0.39 is 0 Å². The zero-order valence-corrected chi connectivity index (χ0v) is 37.4.